The Bertz CT molecular complexity index is 514. The van der Waals surface area contributed by atoms with Gasteiger partial charge in [-0.3, -0.25) is 4.79 Å². The van der Waals surface area contributed by atoms with E-state index in [1.807, 2.05) is 6.92 Å². The first-order valence-corrected chi connectivity index (χ1v) is 7.00. The van der Waals surface area contributed by atoms with Crippen molar-refractivity contribution < 1.29 is 4.79 Å². The number of fused-ring (bicyclic) bond motifs is 1. The Balaban J connectivity index is 1.82. The second-order valence-electron chi connectivity index (χ2n) is 5.97. The minimum Gasteiger partial charge on any atom is -0.385 e. The SMILES string of the molecule is CC1(C(N)=O)CCN(c2ccc3c(c2)NCCC3)C1. The zero-order chi connectivity index (χ0) is 13.5. The van der Waals surface area contributed by atoms with Gasteiger partial charge in [0, 0.05) is 31.0 Å². The summed E-state index contributed by atoms with van der Waals surface area (Å²) >= 11 is 0. The number of nitrogens with two attached hydrogens (primary N) is 1. The summed E-state index contributed by atoms with van der Waals surface area (Å²) in [6.45, 7) is 4.64. The summed E-state index contributed by atoms with van der Waals surface area (Å²) in [7, 11) is 0. The van der Waals surface area contributed by atoms with Crippen molar-refractivity contribution in [3.8, 4) is 0 Å². The highest BCUT2D eigenvalue weighted by atomic mass is 16.1. The van der Waals surface area contributed by atoms with Crippen LogP contribution in [-0.4, -0.2) is 25.5 Å². The number of nitrogens with zero attached hydrogens (tertiary/aromatic N) is 1. The topological polar surface area (TPSA) is 58.4 Å². The Labute approximate surface area is 114 Å². The van der Waals surface area contributed by atoms with Crippen molar-refractivity contribution in [1.29, 1.82) is 0 Å². The van der Waals surface area contributed by atoms with E-state index in [0.717, 1.165) is 32.5 Å². The van der Waals surface area contributed by atoms with Gasteiger partial charge in [-0.1, -0.05) is 6.07 Å². The van der Waals surface area contributed by atoms with Crippen LogP contribution in [0.4, 0.5) is 11.4 Å². The molecule has 1 amide bonds. The number of primary amides is 1. The van der Waals surface area contributed by atoms with Crippen LogP contribution in [0.2, 0.25) is 0 Å². The van der Waals surface area contributed by atoms with Gasteiger partial charge in [-0.05, 0) is 43.9 Å². The second kappa shape index (κ2) is 4.44. The molecule has 2 aliphatic heterocycles. The molecule has 0 bridgehead atoms. The van der Waals surface area contributed by atoms with Gasteiger partial charge >= 0.3 is 0 Å². The van der Waals surface area contributed by atoms with Crippen molar-refractivity contribution >= 4 is 17.3 Å². The molecule has 1 aromatic carbocycles. The van der Waals surface area contributed by atoms with Crippen molar-refractivity contribution in [3.05, 3.63) is 23.8 Å². The van der Waals surface area contributed by atoms with Gasteiger partial charge < -0.3 is 16.0 Å². The molecule has 4 heteroatoms. The number of carbonyl (C=O) groups excluding carboxylic acids is 1. The predicted molar refractivity (Wildman–Crippen MR) is 77.4 cm³/mol. The largest absolute Gasteiger partial charge is 0.385 e. The summed E-state index contributed by atoms with van der Waals surface area (Å²) in [5, 5.41) is 3.45. The fourth-order valence-electron chi connectivity index (χ4n) is 3.03. The van der Waals surface area contributed by atoms with Crippen LogP contribution in [0.25, 0.3) is 0 Å². The average Bonchev–Trinajstić information content (AvgIpc) is 2.82. The predicted octanol–water partition coefficient (Wildman–Crippen LogP) is 1.75. The van der Waals surface area contributed by atoms with Crippen molar-refractivity contribution in [3.63, 3.8) is 0 Å². The van der Waals surface area contributed by atoms with Crippen LogP contribution < -0.4 is 16.0 Å². The van der Waals surface area contributed by atoms with E-state index in [0.29, 0.717) is 0 Å². The number of amides is 1. The molecule has 4 nitrogen and oxygen atoms in total. The normalized spacial score (nSPS) is 25.8. The number of hydrogen-bond acceptors (Lipinski definition) is 3. The quantitative estimate of drug-likeness (QED) is 0.850. The highest BCUT2D eigenvalue weighted by molar-refractivity contribution is 5.82. The average molecular weight is 259 g/mol. The van der Waals surface area contributed by atoms with Gasteiger partial charge in [0.15, 0.2) is 0 Å². The van der Waals surface area contributed by atoms with Crippen LogP contribution in [0.15, 0.2) is 18.2 Å². The van der Waals surface area contributed by atoms with E-state index in [4.69, 9.17) is 5.73 Å². The molecular formula is C15H21N3O. The lowest BCUT2D eigenvalue weighted by molar-refractivity contribution is -0.125. The molecular weight excluding hydrogens is 238 g/mol. The monoisotopic (exact) mass is 259 g/mol. The maximum absolute atomic E-state index is 11.5. The highest BCUT2D eigenvalue weighted by Gasteiger charge is 2.39. The smallest absolute Gasteiger partial charge is 0.225 e. The van der Waals surface area contributed by atoms with Gasteiger partial charge in [-0.2, -0.15) is 0 Å². The van der Waals surface area contributed by atoms with Gasteiger partial charge in [0.2, 0.25) is 5.91 Å². The zero-order valence-electron chi connectivity index (χ0n) is 11.4. The molecule has 3 N–H and O–H groups in total. The molecule has 0 spiro atoms. The fraction of sp³-hybridized carbons (Fsp3) is 0.533. The minimum absolute atomic E-state index is 0.189. The van der Waals surface area contributed by atoms with E-state index in [9.17, 15) is 4.79 Å². The van der Waals surface area contributed by atoms with Gasteiger partial charge in [0.25, 0.3) is 0 Å². The summed E-state index contributed by atoms with van der Waals surface area (Å²) < 4.78 is 0. The van der Waals surface area contributed by atoms with Crippen molar-refractivity contribution in [1.82, 2.24) is 0 Å². The maximum atomic E-state index is 11.5. The molecule has 3 rings (SSSR count). The molecule has 1 fully saturated rings. The number of rotatable bonds is 2. The molecule has 2 heterocycles. The van der Waals surface area contributed by atoms with Crippen molar-refractivity contribution in [2.24, 2.45) is 11.1 Å². The lowest BCUT2D eigenvalue weighted by Crippen LogP contribution is -2.37. The van der Waals surface area contributed by atoms with E-state index in [-0.39, 0.29) is 11.3 Å². The number of hydrogen-bond donors (Lipinski definition) is 2. The molecule has 0 radical (unpaired) electrons. The van der Waals surface area contributed by atoms with Crippen molar-refractivity contribution in [2.75, 3.05) is 29.9 Å². The van der Waals surface area contributed by atoms with Gasteiger partial charge in [-0.25, -0.2) is 0 Å². The molecule has 2 aliphatic rings. The van der Waals surface area contributed by atoms with E-state index in [1.54, 1.807) is 0 Å². The van der Waals surface area contributed by atoms with Gasteiger partial charge in [0.1, 0.15) is 0 Å². The van der Waals surface area contributed by atoms with E-state index in [2.05, 4.69) is 28.4 Å². The van der Waals surface area contributed by atoms with Crippen LogP contribution in [0.5, 0.6) is 0 Å². The van der Waals surface area contributed by atoms with E-state index < -0.39 is 0 Å². The lowest BCUT2D eigenvalue weighted by atomic mass is 9.89. The third kappa shape index (κ3) is 2.15. The number of aryl methyl sites for hydroxylation is 1. The molecule has 1 saturated heterocycles. The van der Waals surface area contributed by atoms with Crippen LogP contribution in [-0.2, 0) is 11.2 Å². The van der Waals surface area contributed by atoms with Crippen LogP contribution >= 0.6 is 0 Å². The van der Waals surface area contributed by atoms with Gasteiger partial charge in [0.05, 0.1) is 5.41 Å². The summed E-state index contributed by atoms with van der Waals surface area (Å²) in [6.07, 6.45) is 3.20. The minimum atomic E-state index is -0.386. The third-order valence-corrected chi connectivity index (χ3v) is 4.47. The Morgan fingerprint density at radius 3 is 3.05 bits per heavy atom. The summed E-state index contributed by atoms with van der Waals surface area (Å²) in [5.74, 6) is -0.189. The number of benzene rings is 1. The second-order valence-corrected chi connectivity index (χ2v) is 5.97. The van der Waals surface area contributed by atoms with Crippen molar-refractivity contribution in [2.45, 2.75) is 26.2 Å². The summed E-state index contributed by atoms with van der Waals surface area (Å²) in [4.78, 5) is 13.8. The fourth-order valence-corrected chi connectivity index (χ4v) is 3.03. The Morgan fingerprint density at radius 1 is 1.47 bits per heavy atom. The van der Waals surface area contributed by atoms with Crippen LogP contribution in [0, 0.1) is 5.41 Å². The first-order chi connectivity index (χ1) is 9.08. The van der Waals surface area contributed by atoms with Crippen LogP contribution in [0.3, 0.4) is 0 Å². The van der Waals surface area contributed by atoms with E-state index >= 15 is 0 Å². The molecule has 1 atom stereocenters. The number of nitrogens with one attached hydrogen (secondary N) is 1. The standard InChI is InChI=1S/C15H21N3O/c1-15(14(16)19)6-8-18(10-15)12-5-4-11-3-2-7-17-13(11)9-12/h4-5,9,17H,2-3,6-8,10H2,1H3,(H2,16,19). The zero-order valence-corrected chi connectivity index (χ0v) is 11.4. The molecule has 1 unspecified atom stereocenters. The van der Waals surface area contributed by atoms with Gasteiger partial charge in [-0.15, -0.1) is 0 Å². The number of carbonyl (C=O) groups is 1. The van der Waals surface area contributed by atoms with Crippen LogP contribution in [0.1, 0.15) is 25.3 Å². The third-order valence-electron chi connectivity index (χ3n) is 4.47. The number of anilines is 2. The Hall–Kier alpha value is -1.71. The first kappa shape index (κ1) is 12.3. The summed E-state index contributed by atoms with van der Waals surface area (Å²) in [6, 6.07) is 6.58. The Kier molecular flexibility index (Phi) is 2.88. The molecule has 102 valence electrons. The lowest BCUT2D eigenvalue weighted by Gasteiger charge is -2.25. The molecule has 0 saturated carbocycles. The molecule has 1 aromatic rings. The maximum Gasteiger partial charge on any atom is 0.225 e. The summed E-state index contributed by atoms with van der Waals surface area (Å²) in [5.41, 5.74) is 8.95. The Morgan fingerprint density at radius 2 is 2.32 bits per heavy atom. The first-order valence-electron chi connectivity index (χ1n) is 7.00. The highest BCUT2D eigenvalue weighted by Crippen LogP contribution is 2.35. The molecule has 0 aliphatic carbocycles. The molecule has 19 heavy (non-hydrogen) atoms. The van der Waals surface area contributed by atoms with E-state index in [1.165, 1.54) is 23.4 Å². The molecule has 0 aromatic heterocycles.